The minimum absolute atomic E-state index is 0.0579. The standard InChI is InChI=1S/C7H14N2O/c1-8-6-4-2-3-5-9-7(6)10/h6H,1-5,8H2,(H,9,10). The van der Waals surface area contributed by atoms with Crippen molar-refractivity contribution < 1.29 is 10.1 Å². The lowest BCUT2D eigenvalue weighted by Crippen LogP contribution is -2.86. The van der Waals surface area contributed by atoms with Gasteiger partial charge in [0.25, 0.3) is 5.91 Å². The first-order valence-electron chi connectivity index (χ1n) is 3.75. The molecule has 0 saturated carbocycles. The largest absolute Gasteiger partial charge is 0.469 e. The molecule has 0 bridgehead atoms. The van der Waals surface area contributed by atoms with Crippen LogP contribution in [0.4, 0.5) is 0 Å². The predicted octanol–water partition coefficient (Wildman–Crippen LogP) is -0.990. The Labute approximate surface area is 61.2 Å². The SMILES string of the molecule is [CH2-][NH2+]C1CCCCNC1=O. The van der Waals surface area contributed by atoms with Gasteiger partial charge >= 0.3 is 0 Å². The zero-order valence-corrected chi connectivity index (χ0v) is 6.10. The fraction of sp³-hybridized carbons (Fsp3) is 0.714. The molecule has 1 amide bonds. The van der Waals surface area contributed by atoms with Crippen molar-refractivity contribution in [3.63, 3.8) is 0 Å². The van der Waals surface area contributed by atoms with Gasteiger partial charge < -0.3 is 10.6 Å². The minimum atomic E-state index is 0.0579. The second-order valence-electron chi connectivity index (χ2n) is 2.63. The maximum atomic E-state index is 11.1. The van der Waals surface area contributed by atoms with Gasteiger partial charge in [-0.2, -0.15) is 7.05 Å². The average Bonchev–Trinajstić information content (AvgIpc) is 2.13. The highest BCUT2D eigenvalue weighted by Crippen LogP contribution is 2.01. The number of carbonyl (C=O) groups excluding carboxylic acids is 1. The van der Waals surface area contributed by atoms with Gasteiger partial charge in [0, 0.05) is 13.0 Å². The van der Waals surface area contributed by atoms with Crippen LogP contribution in [0.25, 0.3) is 0 Å². The van der Waals surface area contributed by atoms with Gasteiger partial charge in [-0.15, -0.1) is 0 Å². The molecule has 3 nitrogen and oxygen atoms in total. The maximum absolute atomic E-state index is 11.1. The highest BCUT2D eigenvalue weighted by Gasteiger charge is 2.19. The normalized spacial score (nSPS) is 27.3. The van der Waals surface area contributed by atoms with Gasteiger partial charge in [0.1, 0.15) is 6.04 Å². The quantitative estimate of drug-likeness (QED) is 0.454. The van der Waals surface area contributed by atoms with Crippen LogP contribution in [0.2, 0.25) is 0 Å². The summed E-state index contributed by atoms with van der Waals surface area (Å²) in [4.78, 5) is 11.1. The van der Waals surface area contributed by atoms with Crippen molar-refractivity contribution in [2.75, 3.05) is 6.54 Å². The Morgan fingerprint density at radius 1 is 1.60 bits per heavy atom. The van der Waals surface area contributed by atoms with Crippen molar-refractivity contribution in [1.29, 1.82) is 0 Å². The number of hydrogen-bond donors (Lipinski definition) is 2. The van der Waals surface area contributed by atoms with Crippen LogP contribution in [0.5, 0.6) is 0 Å². The van der Waals surface area contributed by atoms with E-state index in [2.05, 4.69) is 12.4 Å². The molecule has 3 heteroatoms. The van der Waals surface area contributed by atoms with E-state index in [0.717, 1.165) is 25.8 Å². The maximum Gasteiger partial charge on any atom is 0.275 e. The van der Waals surface area contributed by atoms with Crippen LogP contribution in [-0.4, -0.2) is 18.5 Å². The number of quaternary nitrogens is 1. The highest BCUT2D eigenvalue weighted by atomic mass is 16.2. The summed E-state index contributed by atoms with van der Waals surface area (Å²) in [5, 5.41) is 4.57. The Morgan fingerprint density at radius 2 is 2.40 bits per heavy atom. The zero-order chi connectivity index (χ0) is 7.40. The van der Waals surface area contributed by atoms with Crippen LogP contribution < -0.4 is 10.6 Å². The molecule has 1 heterocycles. The van der Waals surface area contributed by atoms with Crippen LogP contribution in [0.3, 0.4) is 0 Å². The molecule has 58 valence electrons. The van der Waals surface area contributed by atoms with E-state index in [9.17, 15) is 4.79 Å². The third-order valence-electron chi connectivity index (χ3n) is 1.86. The number of carbonyl (C=O) groups is 1. The van der Waals surface area contributed by atoms with Crippen molar-refractivity contribution in [2.24, 2.45) is 0 Å². The fourth-order valence-electron chi connectivity index (χ4n) is 1.19. The van der Waals surface area contributed by atoms with Crippen LogP contribution in [0.1, 0.15) is 19.3 Å². The molecule has 0 aromatic heterocycles. The lowest BCUT2D eigenvalue weighted by molar-refractivity contribution is -0.620. The van der Waals surface area contributed by atoms with E-state index in [1.54, 1.807) is 5.32 Å². The van der Waals surface area contributed by atoms with Crippen molar-refractivity contribution >= 4 is 5.91 Å². The molecule has 1 rings (SSSR count). The van der Waals surface area contributed by atoms with Crippen LogP contribution in [0, 0.1) is 7.05 Å². The minimum Gasteiger partial charge on any atom is -0.469 e. The third-order valence-corrected chi connectivity index (χ3v) is 1.86. The number of amides is 1. The second-order valence-corrected chi connectivity index (χ2v) is 2.63. The van der Waals surface area contributed by atoms with Crippen molar-refractivity contribution in [2.45, 2.75) is 25.3 Å². The molecular weight excluding hydrogens is 128 g/mol. The van der Waals surface area contributed by atoms with E-state index in [-0.39, 0.29) is 11.9 Å². The molecule has 10 heavy (non-hydrogen) atoms. The van der Waals surface area contributed by atoms with Gasteiger partial charge in [-0.05, 0) is 12.8 Å². The number of nitrogens with two attached hydrogens (primary N) is 1. The number of nitrogens with one attached hydrogen (secondary N) is 1. The fourth-order valence-corrected chi connectivity index (χ4v) is 1.19. The monoisotopic (exact) mass is 142 g/mol. The van der Waals surface area contributed by atoms with Gasteiger partial charge in [0.15, 0.2) is 0 Å². The summed E-state index contributed by atoms with van der Waals surface area (Å²) in [7, 11) is 3.62. The molecule has 1 fully saturated rings. The van der Waals surface area contributed by atoms with Crippen molar-refractivity contribution in [1.82, 2.24) is 5.32 Å². The van der Waals surface area contributed by atoms with Gasteiger partial charge in [-0.3, -0.25) is 4.79 Å². The molecule has 1 aliphatic heterocycles. The molecule has 1 unspecified atom stereocenters. The Morgan fingerprint density at radius 3 is 3.10 bits per heavy atom. The van der Waals surface area contributed by atoms with Crippen LogP contribution in [-0.2, 0) is 4.79 Å². The lowest BCUT2D eigenvalue weighted by atomic mass is 10.1. The smallest absolute Gasteiger partial charge is 0.275 e. The summed E-state index contributed by atoms with van der Waals surface area (Å²) in [5.41, 5.74) is 0. The first kappa shape index (κ1) is 7.54. The van der Waals surface area contributed by atoms with Crippen molar-refractivity contribution in [3.8, 4) is 0 Å². The molecule has 1 saturated heterocycles. The summed E-state index contributed by atoms with van der Waals surface area (Å²) in [6.45, 7) is 0.836. The molecule has 0 radical (unpaired) electrons. The molecule has 1 atom stereocenters. The van der Waals surface area contributed by atoms with Crippen molar-refractivity contribution in [3.05, 3.63) is 7.05 Å². The summed E-state index contributed by atoms with van der Waals surface area (Å²) in [6, 6.07) is 0.0579. The van der Waals surface area contributed by atoms with E-state index in [4.69, 9.17) is 0 Å². The summed E-state index contributed by atoms with van der Waals surface area (Å²) >= 11 is 0. The predicted molar refractivity (Wildman–Crippen MR) is 37.9 cm³/mol. The zero-order valence-electron chi connectivity index (χ0n) is 6.10. The average molecular weight is 142 g/mol. The highest BCUT2D eigenvalue weighted by molar-refractivity contribution is 5.80. The van der Waals surface area contributed by atoms with Crippen LogP contribution >= 0.6 is 0 Å². The summed E-state index contributed by atoms with van der Waals surface area (Å²) in [6.07, 6.45) is 3.21. The van der Waals surface area contributed by atoms with Gasteiger partial charge in [-0.1, -0.05) is 0 Å². The first-order chi connectivity index (χ1) is 4.84. The lowest BCUT2D eigenvalue weighted by Gasteiger charge is -2.11. The summed E-state index contributed by atoms with van der Waals surface area (Å²) in [5.74, 6) is 0.146. The molecule has 1 aliphatic rings. The van der Waals surface area contributed by atoms with E-state index in [1.807, 2.05) is 0 Å². The number of rotatable bonds is 1. The third kappa shape index (κ3) is 1.70. The van der Waals surface area contributed by atoms with Gasteiger partial charge in [0.05, 0.1) is 0 Å². The molecule has 0 aromatic carbocycles. The molecular formula is C7H14N2O. The van der Waals surface area contributed by atoms with E-state index >= 15 is 0 Å². The van der Waals surface area contributed by atoms with E-state index < -0.39 is 0 Å². The van der Waals surface area contributed by atoms with E-state index in [1.165, 1.54) is 0 Å². The Kier molecular flexibility index (Phi) is 2.68. The van der Waals surface area contributed by atoms with E-state index in [0.29, 0.717) is 0 Å². The Balaban J connectivity index is 2.43. The molecule has 3 N–H and O–H groups in total. The van der Waals surface area contributed by atoms with Crippen LogP contribution in [0.15, 0.2) is 0 Å². The molecule has 0 aromatic rings. The first-order valence-corrected chi connectivity index (χ1v) is 3.75. The molecule has 0 aliphatic carbocycles. The summed E-state index contributed by atoms with van der Waals surface area (Å²) < 4.78 is 0. The Hall–Kier alpha value is -0.570. The number of hydrogen-bond acceptors (Lipinski definition) is 1. The second kappa shape index (κ2) is 3.56. The van der Waals surface area contributed by atoms with Gasteiger partial charge in [-0.25, -0.2) is 0 Å². The molecule has 0 spiro atoms. The Bertz CT molecular complexity index is 125. The van der Waals surface area contributed by atoms with Gasteiger partial charge in [0.2, 0.25) is 0 Å². The topological polar surface area (TPSA) is 45.7 Å².